The van der Waals surface area contributed by atoms with Gasteiger partial charge in [-0.15, -0.1) is 22.7 Å². The zero-order chi connectivity index (χ0) is 16.9. The highest BCUT2D eigenvalue weighted by molar-refractivity contribution is 7.20. The summed E-state index contributed by atoms with van der Waals surface area (Å²) in [6.45, 7) is -0.382. The number of aromatic nitrogens is 1. The second-order valence-electron chi connectivity index (χ2n) is 4.65. The molecule has 0 atom stereocenters. The van der Waals surface area contributed by atoms with E-state index in [0.717, 1.165) is 9.88 Å². The van der Waals surface area contributed by atoms with Gasteiger partial charge in [-0.25, -0.2) is 9.78 Å². The number of thiophene rings is 1. The van der Waals surface area contributed by atoms with Crippen LogP contribution in [0.1, 0.15) is 10.5 Å². The number of carbonyl (C=O) groups excluding carboxylic acids is 2. The van der Waals surface area contributed by atoms with Gasteiger partial charge in [-0.2, -0.15) is 0 Å². The minimum Gasteiger partial charge on any atom is -0.451 e. The van der Waals surface area contributed by atoms with Gasteiger partial charge in [-0.1, -0.05) is 17.7 Å². The van der Waals surface area contributed by atoms with Crippen LogP contribution >= 0.6 is 34.3 Å². The molecule has 8 heteroatoms. The summed E-state index contributed by atoms with van der Waals surface area (Å²) in [5.41, 5.74) is 0.775. The fourth-order valence-corrected chi connectivity index (χ4v) is 3.55. The molecule has 24 heavy (non-hydrogen) atoms. The predicted molar refractivity (Wildman–Crippen MR) is 95.8 cm³/mol. The average Bonchev–Trinajstić information content (AvgIpc) is 3.25. The summed E-state index contributed by atoms with van der Waals surface area (Å²) >= 11 is 8.67. The van der Waals surface area contributed by atoms with Crippen molar-refractivity contribution in [3.8, 4) is 9.88 Å². The number of nitrogens with one attached hydrogen (secondary N) is 1. The van der Waals surface area contributed by atoms with Crippen molar-refractivity contribution < 1.29 is 14.3 Å². The fraction of sp³-hybridized carbons (Fsp3) is 0.0625. The lowest BCUT2D eigenvalue weighted by Gasteiger charge is -2.05. The van der Waals surface area contributed by atoms with Gasteiger partial charge in [0, 0.05) is 16.1 Å². The molecule has 0 radical (unpaired) electrons. The number of hydrogen-bond acceptors (Lipinski definition) is 6. The largest absolute Gasteiger partial charge is 0.451 e. The van der Waals surface area contributed by atoms with Gasteiger partial charge in [0.05, 0.1) is 4.88 Å². The van der Waals surface area contributed by atoms with Crippen molar-refractivity contribution in [1.29, 1.82) is 0 Å². The van der Waals surface area contributed by atoms with E-state index in [4.69, 9.17) is 16.3 Å². The average molecular weight is 379 g/mol. The van der Waals surface area contributed by atoms with Gasteiger partial charge in [0.15, 0.2) is 12.3 Å². The third kappa shape index (κ3) is 4.19. The Morgan fingerprint density at radius 3 is 2.67 bits per heavy atom. The lowest BCUT2D eigenvalue weighted by atomic mass is 10.3. The summed E-state index contributed by atoms with van der Waals surface area (Å²) < 4.78 is 4.99. The summed E-state index contributed by atoms with van der Waals surface area (Å²) in [4.78, 5) is 29.0. The normalized spacial score (nSPS) is 10.4. The number of rotatable bonds is 5. The van der Waals surface area contributed by atoms with E-state index in [0.29, 0.717) is 10.7 Å². The molecule has 2 aromatic heterocycles. The number of anilines is 1. The van der Waals surface area contributed by atoms with E-state index in [2.05, 4.69) is 10.3 Å². The Labute approximate surface area is 150 Å². The Morgan fingerprint density at radius 2 is 1.96 bits per heavy atom. The summed E-state index contributed by atoms with van der Waals surface area (Å²) in [5, 5.41) is 7.50. The van der Waals surface area contributed by atoms with E-state index in [1.165, 1.54) is 11.3 Å². The van der Waals surface area contributed by atoms with Crippen LogP contribution in [-0.2, 0) is 9.53 Å². The van der Waals surface area contributed by atoms with Gasteiger partial charge in [-0.3, -0.25) is 4.79 Å². The fourth-order valence-electron chi connectivity index (χ4n) is 1.82. The number of ether oxygens (including phenoxy) is 1. The predicted octanol–water partition coefficient (Wildman–Crippen LogP) is 4.32. The summed E-state index contributed by atoms with van der Waals surface area (Å²) in [6, 6.07) is 10.5. The van der Waals surface area contributed by atoms with Crippen LogP contribution in [0.5, 0.6) is 0 Å². The summed E-state index contributed by atoms with van der Waals surface area (Å²) in [6.07, 6.45) is 0. The van der Waals surface area contributed by atoms with Crippen LogP contribution in [0.4, 0.5) is 5.69 Å². The molecule has 0 bridgehead atoms. The molecule has 0 saturated carbocycles. The minimum atomic E-state index is -0.625. The van der Waals surface area contributed by atoms with Crippen molar-refractivity contribution in [2.24, 2.45) is 0 Å². The van der Waals surface area contributed by atoms with E-state index in [1.54, 1.807) is 41.0 Å². The summed E-state index contributed by atoms with van der Waals surface area (Å²) in [7, 11) is 0. The van der Waals surface area contributed by atoms with Crippen molar-refractivity contribution in [3.05, 3.63) is 57.9 Å². The Morgan fingerprint density at radius 1 is 1.17 bits per heavy atom. The highest BCUT2D eigenvalue weighted by atomic mass is 35.5. The number of halogens is 1. The molecule has 0 fully saturated rings. The Hall–Kier alpha value is -2.22. The highest BCUT2D eigenvalue weighted by Gasteiger charge is 2.15. The van der Waals surface area contributed by atoms with Crippen molar-refractivity contribution in [2.75, 3.05) is 11.9 Å². The Bertz CT molecular complexity index is 845. The van der Waals surface area contributed by atoms with Gasteiger partial charge in [0.1, 0.15) is 5.01 Å². The highest BCUT2D eigenvalue weighted by Crippen LogP contribution is 2.27. The molecule has 0 aliphatic rings. The molecule has 1 amide bonds. The third-order valence-electron chi connectivity index (χ3n) is 2.91. The maximum absolute atomic E-state index is 12.0. The van der Waals surface area contributed by atoms with Gasteiger partial charge < -0.3 is 10.1 Å². The first kappa shape index (κ1) is 16.6. The van der Waals surface area contributed by atoms with Crippen molar-refractivity contribution in [2.45, 2.75) is 0 Å². The van der Waals surface area contributed by atoms with Crippen LogP contribution in [0, 0.1) is 0 Å². The molecule has 3 rings (SSSR count). The first-order valence-corrected chi connectivity index (χ1v) is 8.97. The van der Waals surface area contributed by atoms with Crippen LogP contribution in [0.25, 0.3) is 9.88 Å². The number of thiazole rings is 1. The molecule has 1 N–H and O–H groups in total. The molecule has 0 spiro atoms. The zero-order valence-electron chi connectivity index (χ0n) is 12.2. The SMILES string of the molecule is O=C(COC(=O)c1csc(-c2cccs2)n1)Nc1ccc(Cl)cc1. The van der Waals surface area contributed by atoms with Crippen molar-refractivity contribution in [3.63, 3.8) is 0 Å². The molecule has 1 aromatic carbocycles. The maximum atomic E-state index is 12.0. The Balaban J connectivity index is 1.53. The first-order valence-electron chi connectivity index (χ1n) is 6.84. The second-order valence-corrected chi connectivity index (χ2v) is 6.89. The minimum absolute atomic E-state index is 0.197. The lowest BCUT2D eigenvalue weighted by Crippen LogP contribution is -2.21. The van der Waals surface area contributed by atoms with E-state index in [9.17, 15) is 9.59 Å². The zero-order valence-corrected chi connectivity index (χ0v) is 14.6. The quantitative estimate of drug-likeness (QED) is 0.671. The smallest absolute Gasteiger partial charge is 0.358 e. The second kappa shape index (κ2) is 7.57. The number of amides is 1. The van der Waals surface area contributed by atoms with Gasteiger partial charge in [0.2, 0.25) is 0 Å². The molecule has 5 nitrogen and oxygen atoms in total. The molecular formula is C16H11ClN2O3S2. The first-order chi connectivity index (χ1) is 11.6. The molecule has 0 saturated heterocycles. The molecule has 2 heterocycles. The van der Waals surface area contributed by atoms with Crippen LogP contribution in [0.2, 0.25) is 5.02 Å². The van der Waals surface area contributed by atoms with Crippen LogP contribution in [0.15, 0.2) is 47.2 Å². The van der Waals surface area contributed by atoms with E-state index in [1.807, 2.05) is 17.5 Å². The van der Waals surface area contributed by atoms with E-state index >= 15 is 0 Å². The molecule has 0 unspecified atom stereocenters. The van der Waals surface area contributed by atoms with Crippen LogP contribution < -0.4 is 5.32 Å². The topological polar surface area (TPSA) is 68.3 Å². The van der Waals surface area contributed by atoms with Gasteiger partial charge in [0.25, 0.3) is 5.91 Å². The molecule has 122 valence electrons. The van der Waals surface area contributed by atoms with Crippen molar-refractivity contribution in [1.82, 2.24) is 4.98 Å². The third-order valence-corrected chi connectivity index (χ3v) is 5.04. The lowest BCUT2D eigenvalue weighted by molar-refractivity contribution is -0.119. The van der Waals surface area contributed by atoms with Crippen LogP contribution in [-0.4, -0.2) is 23.5 Å². The summed E-state index contributed by atoms with van der Waals surface area (Å²) in [5.74, 6) is -1.06. The number of esters is 1. The Kier molecular flexibility index (Phi) is 5.24. The van der Waals surface area contributed by atoms with E-state index in [-0.39, 0.29) is 12.3 Å². The van der Waals surface area contributed by atoms with Crippen molar-refractivity contribution >= 4 is 51.8 Å². The van der Waals surface area contributed by atoms with E-state index < -0.39 is 11.9 Å². The molecule has 0 aliphatic heterocycles. The molecule has 0 aliphatic carbocycles. The molecule has 3 aromatic rings. The monoisotopic (exact) mass is 378 g/mol. The number of hydrogen-bond donors (Lipinski definition) is 1. The van der Waals surface area contributed by atoms with Crippen LogP contribution in [0.3, 0.4) is 0 Å². The number of benzene rings is 1. The van der Waals surface area contributed by atoms with Gasteiger partial charge in [-0.05, 0) is 35.7 Å². The maximum Gasteiger partial charge on any atom is 0.358 e. The van der Waals surface area contributed by atoms with Gasteiger partial charge >= 0.3 is 5.97 Å². The molecular weight excluding hydrogens is 368 g/mol. The number of nitrogens with zero attached hydrogens (tertiary/aromatic N) is 1. The standard InChI is InChI=1S/C16H11ClN2O3S2/c17-10-3-5-11(6-4-10)18-14(20)8-22-16(21)12-9-24-15(19-12)13-2-1-7-23-13/h1-7,9H,8H2,(H,18,20). The number of carbonyl (C=O) groups is 2.